The fourth-order valence-electron chi connectivity index (χ4n) is 5.45. The van der Waals surface area contributed by atoms with Crippen molar-refractivity contribution in [2.24, 2.45) is 5.92 Å². The summed E-state index contributed by atoms with van der Waals surface area (Å²) in [6, 6.07) is 7.84. The summed E-state index contributed by atoms with van der Waals surface area (Å²) in [5.74, 6) is 2.71. The summed E-state index contributed by atoms with van der Waals surface area (Å²) >= 11 is 1.38. The number of likely N-dealkylation sites (tertiary alicyclic amines) is 1. The topological polar surface area (TPSA) is 89.5 Å². The molecule has 0 bridgehead atoms. The Bertz CT molecular complexity index is 1480. The summed E-state index contributed by atoms with van der Waals surface area (Å²) in [6.07, 6.45) is 5.09. The first-order valence-corrected chi connectivity index (χ1v) is 12.5. The Morgan fingerprint density at radius 2 is 2.09 bits per heavy atom. The summed E-state index contributed by atoms with van der Waals surface area (Å²) in [4.78, 5) is 35.2. The van der Waals surface area contributed by atoms with Crippen molar-refractivity contribution in [2.45, 2.75) is 25.3 Å². The molecule has 176 valence electrons. The molecule has 1 N–H and O–H groups in total. The molecule has 2 atom stereocenters. The van der Waals surface area contributed by atoms with Crippen molar-refractivity contribution in [3.8, 4) is 11.5 Å². The summed E-state index contributed by atoms with van der Waals surface area (Å²) in [7, 11) is 1.71. The number of hydrogen-bond donors (Lipinski definition) is 1. The van der Waals surface area contributed by atoms with Crippen molar-refractivity contribution >= 4 is 31.6 Å². The second-order valence-electron chi connectivity index (χ2n) is 9.08. The number of nitrogens with zero attached hydrogens (tertiary/aromatic N) is 3. The highest BCUT2D eigenvalue weighted by Crippen LogP contribution is 2.46. The van der Waals surface area contributed by atoms with Gasteiger partial charge in [-0.15, -0.1) is 11.3 Å². The van der Waals surface area contributed by atoms with E-state index in [0.717, 1.165) is 60.7 Å². The van der Waals surface area contributed by atoms with E-state index < -0.39 is 0 Å². The normalized spacial score (nSPS) is 19.8. The van der Waals surface area contributed by atoms with Crippen LogP contribution in [0.15, 0.2) is 46.2 Å². The van der Waals surface area contributed by atoms with Crippen molar-refractivity contribution in [1.82, 2.24) is 19.4 Å². The molecule has 0 aliphatic carbocycles. The van der Waals surface area contributed by atoms with Gasteiger partial charge in [-0.3, -0.25) is 14.3 Å². The molecule has 3 aromatic heterocycles. The molecule has 4 aromatic rings. The van der Waals surface area contributed by atoms with Crippen LogP contribution in [0.4, 0.5) is 0 Å². The number of benzene rings is 1. The summed E-state index contributed by atoms with van der Waals surface area (Å²) < 4.78 is 14.4. The lowest BCUT2D eigenvalue weighted by Crippen LogP contribution is -2.34. The van der Waals surface area contributed by atoms with Gasteiger partial charge in [0, 0.05) is 54.8 Å². The van der Waals surface area contributed by atoms with Gasteiger partial charge in [-0.25, -0.2) is 4.79 Å². The third-order valence-corrected chi connectivity index (χ3v) is 8.23. The Morgan fingerprint density at radius 3 is 2.97 bits per heavy atom. The second-order valence-corrected chi connectivity index (χ2v) is 10.1. The molecule has 1 saturated heterocycles. The van der Waals surface area contributed by atoms with Gasteiger partial charge in [0.25, 0.3) is 5.56 Å². The van der Waals surface area contributed by atoms with Crippen LogP contribution in [0.25, 0.3) is 20.3 Å². The first-order valence-electron chi connectivity index (χ1n) is 11.7. The Balaban J connectivity index is 1.12. The van der Waals surface area contributed by atoms with E-state index in [9.17, 15) is 9.59 Å². The van der Waals surface area contributed by atoms with Crippen molar-refractivity contribution in [3.05, 3.63) is 63.1 Å². The maximum atomic E-state index is 13.0. The molecule has 2 aliphatic rings. The average molecular weight is 479 g/mol. The van der Waals surface area contributed by atoms with E-state index in [1.807, 2.05) is 24.3 Å². The van der Waals surface area contributed by atoms with Gasteiger partial charge in [-0.2, -0.15) is 0 Å². The van der Waals surface area contributed by atoms with Gasteiger partial charge in [0.2, 0.25) is 0 Å². The molecule has 5 heterocycles. The number of pyridine rings is 1. The van der Waals surface area contributed by atoms with Gasteiger partial charge in [-0.05, 0) is 37.6 Å². The number of aromatic amines is 1. The Hall–Kier alpha value is -3.17. The van der Waals surface area contributed by atoms with Gasteiger partial charge in [0.1, 0.15) is 16.2 Å². The van der Waals surface area contributed by atoms with Crippen LogP contribution in [0, 0.1) is 5.92 Å². The summed E-state index contributed by atoms with van der Waals surface area (Å²) in [6.45, 7) is 4.04. The zero-order valence-corrected chi connectivity index (χ0v) is 19.8. The molecule has 8 nitrogen and oxygen atoms in total. The van der Waals surface area contributed by atoms with Crippen molar-refractivity contribution in [2.75, 3.05) is 33.4 Å². The third-order valence-electron chi connectivity index (χ3n) is 7.10. The van der Waals surface area contributed by atoms with Crippen LogP contribution in [-0.4, -0.2) is 52.8 Å². The van der Waals surface area contributed by atoms with Crippen LogP contribution in [0.3, 0.4) is 0 Å². The fourth-order valence-corrected chi connectivity index (χ4v) is 6.53. The molecule has 0 radical (unpaired) electrons. The van der Waals surface area contributed by atoms with Crippen molar-refractivity contribution < 1.29 is 9.47 Å². The molecule has 0 unspecified atom stereocenters. The van der Waals surface area contributed by atoms with Crippen LogP contribution >= 0.6 is 11.3 Å². The Morgan fingerprint density at radius 1 is 1.21 bits per heavy atom. The number of hydrogen-bond acceptors (Lipinski definition) is 7. The van der Waals surface area contributed by atoms with Crippen molar-refractivity contribution in [3.63, 3.8) is 0 Å². The molecule has 9 heteroatoms. The van der Waals surface area contributed by atoms with Crippen molar-refractivity contribution in [1.29, 1.82) is 0 Å². The maximum absolute atomic E-state index is 13.0. The van der Waals surface area contributed by atoms with E-state index in [4.69, 9.17) is 9.47 Å². The van der Waals surface area contributed by atoms with Gasteiger partial charge in [-0.1, -0.05) is 6.07 Å². The average Bonchev–Trinajstić information content (AvgIpc) is 3.44. The smallest absolute Gasteiger partial charge is 0.328 e. The number of fused-ring (bicyclic) bond motifs is 6. The number of rotatable bonds is 6. The number of unbranched alkanes of at least 4 members (excludes halogenated alkanes) is 1. The minimum Gasteiger partial charge on any atom is -0.496 e. The van der Waals surface area contributed by atoms with E-state index in [-0.39, 0.29) is 11.2 Å². The zero-order chi connectivity index (χ0) is 23.2. The number of thiophene rings is 1. The van der Waals surface area contributed by atoms with E-state index >= 15 is 0 Å². The minimum absolute atomic E-state index is 0.215. The first-order chi connectivity index (χ1) is 16.6. The van der Waals surface area contributed by atoms with E-state index in [1.54, 1.807) is 19.5 Å². The third kappa shape index (κ3) is 3.50. The first kappa shape index (κ1) is 21.4. The zero-order valence-electron chi connectivity index (χ0n) is 19.0. The number of H-pyrrole nitrogens is 1. The molecule has 1 fully saturated rings. The van der Waals surface area contributed by atoms with Gasteiger partial charge in [0.15, 0.2) is 0 Å². The Labute approximate surface area is 199 Å². The Kier molecular flexibility index (Phi) is 5.38. The van der Waals surface area contributed by atoms with Gasteiger partial charge >= 0.3 is 5.69 Å². The predicted molar refractivity (Wildman–Crippen MR) is 132 cm³/mol. The standard InChI is InChI=1S/C25H26N4O4S/c1-32-18-5-4-6-19-21(18)17-13-28(12-15(17)14-33-19)9-2-3-10-29-24(30)23-22(27-25(29)31)16-7-8-26-11-20(16)34-23/h4-8,11,15,17H,2-3,9-10,12-14H2,1H3,(H,27,31)/t15-,17-/m1/s1. The largest absolute Gasteiger partial charge is 0.496 e. The van der Waals surface area contributed by atoms with Gasteiger partial charge < -0.3 is 19.4 Å². The SMILES string of the molecule is COc1cccc2c1[C@@H]1CN(CCCCn3c(=O)[nH]c4c(sc5cnccc54)c3=O)C[C@@H]1CO2. The lowest BCUT2D eigenvalue weighted by Gasteiger charge is -2.29. The molecule has 0 amide bonds. The van der Waals surface area contributed by atoms with E-state index in [1.165, 1.54) is 21.5 Å². The monoisotopic (exact) mass is 478 g/mol. The molecule has 6 rings (SSSR count). The van der Waals surface area contributed by atoms with Crippen LogP contribution in [0.5, 0.6) is 11.5 Å². The predicted octanol–water partition coefficient (Wildman–Crippen LogP) is 3.20. The number of ether oxygens (including phenoxy) is 2. The molecule has 0 spiro atoms. The molecular weight excluding hydrogens is 452 g/mol. The number of nitrogens with one attached hydrogen (secondary N) is 1. The van der Waals surface area contributed by atoms with E-state index in [0.29, 0.717) is 28.6 Å². The quantitative estimate of drug-likeness (QED) is 0.428. The maximum Gasteiger partial charge on any atom is 0.328 e. The van der Waals surface area contributed by atoms with E-state index in [2.05, 4.69) is 14.9 Å². The molecule has 1 aromatic carbocycles. The highest BCUT2D eigenvalue weighted by Gasteiger charge is 2.40. The second kappa shape index (κ2) is 8.56. The van der Waals surface area contributed by atoms with Gasteiger partial charge in [0.05, 0.1) is 23.9 Å². The highest BCUT2D eigenvalue weighted by atomic mass is 32.1. The molecular formula is C25H26N4O4S. The molecule has 2 aliphatic heterocycles. The summed E-state index contributed by atoms with van der Waals surface area (Å²) in [5, 5.41) is 0.869. The number of methoxy groups -OCH3 is 1. The van der Waals surface area contributed by atoms with Crippen LogP contribution in [0.2, 0.25) is 0 Å². The lowest BCUT2D eigenvalue weighted by atomic mass is 9.86. The minimum atomic E-state index is -0.345. The molecule has 34 heavy (non-hydrogen) atoms. The van der Waals surface area contributed by atoms with Crippen LogP contribution in [0.1, 0.15) is 24.3 Å². The lowest BCUT2D eigenvalue weighted by molar-refractivity contribution is 0.209. The summed E-state index contributed by atoms with van der Waals surface area (Å²) in [5.41, 5.74) is 1.25. The van der Waals surface area contributed by atoms with Crippen LogP contribution in [-0.2, 0) is 6.54 Å². The highest BCUT2D eigenvalue weighted by molar-refractivity contribution is 7.25. The molecule has 0 saturated carbocycles. The number of aromatic nitrogens is 3. The van der Waals surface area contributed by atoms with Crippen LogP contribution < -0.4 is 20.7 Å². The fraction of sp³-hybridized carbons (Fsp3) is 0.400.